The first kappa shape index (κ1) is 16.1. The van der Waals surface area contributed by atoms with Crippen molar-refractivity contribution in [1.82, 2.24) is 4.90 Å². The largest absolute Gasteiger partial charge is 0.465 e. The molecule has 0 saturated carbocycles. The van der Waals surface area contributed by atoms with E-state index in [1.165, 1.54) is 12.5 Å². The van der Waals surface area contributed by atoms with Gasteiger partial charge in [0.1, 0.15) is 5.76 Å². The molecule has 0 unspecified atom stereocenters. The first-order valence-electron chi connectivity index (χ1n) is 8.14. The fraction of sp³-hybridized carbons (Fsp3) is 0.263. The number of furan rings is 1. The van der Waals surface area contributed by atoms with E-state index in [-0.39, 0.29) is 11.8 Å². The van der Waals surface area contributed by atoms with Gasteiger partial charge in [0.25, 0.3) is 5.91 Å². The van der Waals surface area contributed by atoms with Crippen LogP contribution in [0.5, 0.6) is 0 Å². The highest BCUT2D eigenvalue weighted by atomic mass is 16.3. The van der Waals surface area contributed by atoms with Crippen LogP contribution in [0.25, 0.3) is 6.08 Å². The molecule has 0 bridgehead atoms. The zero-order valence-corrected chi connectivity index (χ0v) is 13.4. The molecule has 1 fully saturated rings. The summed E-state index contributed by atoms with van der Waals surface area (Å²) in [4.78, 5) is 26.3. The summed E-state index contributed by atoms with van der Waals surface area (Å²) >= 11 is 0. The summed E-state index contributed by atoms with van der Waals surface area (Å²) in [5.74, 6) is 0.366. The highest BCUT2D eigenvalue weighted by molar-refractivity contribution is 6.03. The Bertz CT molecular complexity index is 729. The molecule has 5 heteroatoms. The summed E-state index contributed by atoms with van der Waals surface area (Å²) in [6, 6.07) is 10.6. The first-order valence-corrected chi connectivity index (χ1v) is 8.14. The Morgan fingerprint density at radius 1 is 1.08 bits per heavy atom. The molecule has 1 N–H and O–H groups in total. The van der Waals surface area contributed by atoms with Crippen molar-refractivity contribution in [2.24, 2.45) is 0 Å². The van der Waals surface area contributed by atoms with E-state index >= 15 is 0 Å². The Balaban J connectivity index is 1.64. The first-order chi connectivity index (χ1) is 11.7. The number of anilines is 1. The van der Waals surface area contributed by atoms with Crippen molar-refractivity contribution in [1.29, 1.82) is 0 Å². The van der Waals surface area contributed by atoms with Gasteiger partial charge in [-0.15, -0.1) is 0 Å². The van der Waals surface area contributed by atoms with Crippen LogP contribution in [0, 0.1) is 0 Å². The van der Waals surface area contributed by atoms with Crippen LogP contribution in [0.2, 0.25) is 0 Å². The number of benzene rings is 1. The van der Waals surface area contributed by atoms with E-state index < -0.39 is 0 Å². The van der Waals surface area contributed by atoms with Gasteiger partial charge in [-0.25, -0.2) is 0 Å². The molecule has 2 amide bonds. The van der Waals surface area contributed by atoms with Gasteiger partial charge in [-0.2, -0.15) is 0 Å². The molecule has 0 aliphatic carbocycles. The zero-order valence-electron chi connectivity index (χ0n) is 13.4. The fourth-order valence-electron chi connectivity index (χ4n) is 2.74. The number of carbonyl (C=O) groups is 2. The molecule has 5 nitrogen and oxygen atoms in total. The molecule has 2 heterocycles. The summed E-state index contributed by atoms with van der Waals surface area (Å²) in [6.07, 6.45) is 7.84. The van der Waals surface area contributed by atoms with Gasteiger partial charge in [-0.1, -0.05) is 6.07 Å². The minimum absolute atomic E-state index is 0.0249. The smallest absolute Gasteiger partial charge is 0.253 e. The van der Waals surface area contributed by atoms with Gasteiger partial charge in [0.15, 0.2) is 0 Å². The number of likely N-dealkylation sites (tertiary alicyclic amines) is 1. The second-order valence-corrected chi connectivity index (χ2v) is 5.77. The molecule has 1 aromatic carbocycles. The molecule has 24 heavy (non-hydrogen) atoms. The second-order valence-electron chi connectivity index (χ2n) is 5.77. The van der Waals surface area contributed by atoms with E-state index in [9.17, 15) is 9.59 Å². The molecule has 0 spiro atoms. The molecular formula is C19H20N2O3. The van der Waals surface area contributed by atoms with Crippen LogP contribution in [0.1, 0.15) is 35.4 Å². The maximum Gasteiger partial charge on any atom is 0.253 e. The Labute approximate surface area is 141 Å². The molecule has 1 aromatic heterocycles. The lowest BCUT2D eigenvalue weighted by atomic mass is 10.1. The lowest BCUT2D eigenvalue weighted by Crippen LogP contribution is -2.35. The van der Waals surface area contributed by atoms with E-state index in [0.717, 1.165) is 25.9 Å². The van der Waals surface area contributed by atoms with Gasteiger partial charge < -0.3 is 14.6 Å². The average Bonchev–Trinajstić information content (AvgIpc) is 3.14. The Morgan fingerprint density at radius 2 is 1.92 bits per heavy atom. The average molecular weight is 324 g/mol. The quantitative estimate of drug-likeness (QED) is 0.875. The summed E-state index contributed by atoms with van der Waals surface area (Å²) < 4.78 is 5.13. The van der Waals surface area contributed by atoms with Gasteiger partial charge >= 0.3 is 0 Å². The molecule has 124 valence electrons. The third-order valence-electron chi connectivity index (χ3n) is 3.96. The molecule has 1 aliphatic rings. The Kier molecular flexibility index (Phi) is 5.11. The predicted molar refractivity (Wildman–Crippen MR) is 92.6 cm³/mol. The normalized spacial score (nSPS) is 14.8. The summed E-state index contributed by atoms with van der Waals surface area (Å²) in [5.41, 5.74) is 1.21. The van der Waals surface area contributed by atoms with Crippen molar-refractivity contribution in [3.05, 3.63) is 60.1 Å². The SMILES string of the molecule is O=C(/C=C/c1ccco1)Nc1cccc(C(=O)N2CCCCC2)c1. The van der Waals surface area contributed by atoms with Crippen LogP contribution in [-0.4, -0.2) is 29.8 Å². The van der Waals surface area contributed by atoms with Crippen molar-refractivity contribution in [3.63, 3.8) is 0 Å². The fourth-order valence-corrected chi connectivity index (χ4v) is 2.74. The van der Waals surface area contributed by atoms with E-state index in [1.54, 1.807) is 48.7 Å². The maximum atomic E-state index is 12.5. The van der Waals surface area contributed by atoms with Crippen LogP contribution in [0.15, 0.2) is 53.2 Å². The van der Waals surface area contributed by atoms with E-state index in [2.05, 4.69) is 5.32 Å². The summed E-state index contributed by atoms with van der Waals surface area (Å²) in [5, 5.41) is 2.76. The third kappa shape index (κ3) is 4.13. The number of nitrogens with one attached hydrogen (secondary N) is 1. The maximum absolute atomic E-state index is 12.5. The molecule has 0 radical (unpaired) electrons. The van der Waals surface area contributed by atoms with E-state index in [0.29, 0.717) is 17.0 Å². The van der Waals surface area contributed by atoms with E-state index in [4.69, 9.17) is 4.42 Å². The highest BCUT2D eigenvalue weighted by Crippen LogP contribution is 2.16. The zero-order chi connectivity index (χ0) is 16.8. The van der Waals surface area contributed by atoms with Crippen LogP contribution in [0.4, 0.5) is 5.69 Å². The monoisotopic (exact) mass is 324 g/mol. The van der Waals surface area contributed by atoms with Gasteiger partial charge in [-0.3, -0.25) is 9.59 Å². The highest BCUT2D eigenvalue weighted by Gasteiger charge is 2.18. The number of hydrogen-bond acceptors (Lipinski definition) is 3. The van der Waals surface area contributed by atoms with Gasteiger partial charge in [0, 0.05) is 30.4 Å². The predicted octanol–water partition coefficient (Wildman–Crippen LogP) is 3.56. The van der Waals surface area contributed by atoms with E-state index in [1.807, 2.05) is 4.90 Å². The standard InChI is InChI=1S/C19H20N2O3/c22-18(10-9-17-8-5-13-24-17)20-16-7-4-6-15(14-16)19(23)21-11-2-1-3-12-21/h4-10,13-14H,1-3,11-12H2,(H,20,22)/b10-9+. The molecular weight excluding hydrogens is 304 g/mol. The molecule has 2 aromatic rings. The van der Waals surface area contributed by atoms with Crippen LogP contribution in [-0.2, 0) is 4.79 Å². The van der Waals surface area contributed by atoms with Crippen molar-refractivity contribution in [2.45, 2.75) is 19.3 Å². The van der Waals surface area contributed by atoms with Crippen molar-refractivity contribution in [2.75, 3.05) is 18.4 Å². The minimum atomic E-state index is -0.269. The number of piperidine rings is 1. The number of amides is 2. The Hall–Kier alpha value is -2.82. The molecule has 3 rings (SSSR count). The van der Waals surface area contributed by atoms with Crippen LogP contribution < -0.4 is 5.32 Å². The number of nitrogens with zero attached hydrogens (tertiary/aromatic N) is 1. The van der Waals surface area contributed by atoms with Crippen molar-refractivity contribution >= 4 is 23.6 Å². The van der Waals surface area contributed by atoms with Crippen molar-refractivity contribution in [3.8, 4) is 0 Å². The Morgan fingerprint density at radius 3 is 2.67 bits per heavy atom. The van der Waals surface area contributed by atoms with Crippen molar-refractivity contribution < 1.29 is 14.0 Å². The van der Waals surface area contributed by atoms with Crippen LogP contribution in [0.3, 0.4) is 0 Å². The van der Waals surface area contributed by atoms with Crippen LogP contribution >= 0.6 is 0 Å². The van der Waals surface area contributed by atoms with Gasteiger partial charge in [0.2, 0.25) is 5.91 Å². The minimum Gasteiger partial charge on any atom is -0.465 e. The number of carbonyl (C=O) groups excluding carboxylic acids is 2. The lowest BCUT2D eigenvalue weighted by Gasteiger charge is -2.26. The summed E-state index contributed by atoms with van der Waals surface area (Å²) in [7, 11) is 0. The number of rotatable bonds is 4. The second kappa shape index (κ2) is 7.64. The topological polar surface area (TPSA) is 62.6 Å². The van der Waals surface area contributed by atoms with Gasteiger partial charge in [-0.05, 0) is 55.7 Å². The molecule has 1 aliphatic heterocycles. The summed E-state index contributed by atoms with van der Waals surface area (Å²) in [6.45, 7) is 1.61. The lowest BCUT2D eigenvalue weighted by molar-refractivity contribution is -0.111. The van der Waals surface area contributed by atoms with Gasteiger partial charge in [0.05, 0.1) is 6.26 Å². The molecule has 1 saturated heterocycles. The third-order valence-corrected chi connectivity index (χ3v) is 3.96. The number of hydrogen-bond donors (Lipinski definition) is 1. The molecule has 0 atom stereocenters.